The Hall–Kier alpha value is -2.69. The molecule has 0 aliphatic heterocycles. The average molecular weight is 351 g/mol. The van der Waals surface area contributed by atoms with Gasteiger partial charge in [0.2, 0.25) is 11.8 Å². The Kier molecular flexibility index (Phi) is 5.35. The summed E-state index contributed by atoms with van der Waals surface area (Å²) in [6.45, 7) is 10.6. The van der Waals surface area contributed by atoms with E-state index in [2.05, 4.69) is 42.6 Å². The van der Waals surface area contributed by atoms with Crippen molar-refractivity contribution in [2.75, 3.05) is 0 Å². The molecule has 0 saturated heterocycles. The predicted octanol–water partition coefficient (Wildman–Crippen LogP) is 5.27. The molecule has 1 aromatic carbocycles. The summed E-state index contributed by atoms with van der Waals surface area (Å²) in [7, 11) is 0. The molecule has 0 unspecified atom stereocenters. The van der Waals surface area contributed by atoms with Crippen LogP contribution in [0.4, 0.5) is 0 Å². The average Bonchev–Trinajstić information content (AvgIpc) is 3.01. The van der Waals surface area contributed by atoms with Crippen molar-refractivity contribution in [2.24, 2.45) is 0 Å². The minimum absolute atomic E-state index is 0.245. The lowest BCUT2D eigenvalue weighted by Crippen LogP contribution is -2.07. The summed E-state index contributed by atoms with van der Waals surface area (Å²) in [5, 5.41) is 0. The molecule has 2 heterocycles. The second-order valence-corrected chi connectivity index (χ2v) is 6.98. The fourth-order valence-corrected chi connectivity index (χ4v) is 2.50. The van der Waals surface area contributed by atoms with Gasteiger partial charge in [-0.3, -0.25) is 0 Å². The van der Waals surface area contributed by atoms with Gasteiger partial charge in [0.15, 0.2) is 0 Å². The minimum Gasteiger partial charge on any atom is -0.471 e. The third-order valence-corrected chi connectivity index (χ3v) is 4.12. The molecule has 0 radical (unpaired) electrons. The molecule has 0 bridgehead atoms. The molecule has 3 rings (SSSR count). The van der Waals surface area contributed by atoms with Gasteiger partial charge in [0.05, 0.1) is 5.69 Å². The van der Waals surface area contributed by atoms with E-state index >= 15 is 0 Å². The second kappa shape index (κ2) is 7.68. The fourth-order valence-electron chi connectivity index (χ4n) is 2.50. The molecule has 0 atom stereocenters. The van der Waals surface area contributed by atoms with E-state index in [1.54, 1.807) is 0 Å². The summed E-state index contributed by atoms with van der Waals surface area (Å²) in [5.41, 5.74) is 2.72. The van der Waals surface area contributed by atoms with Crippen molar-refractivity contribution in [1.29, 1.82) is 0 Å². The Balaban J connectivity index is 1.80. The molecule has 0 amide bonds. The van der Waals surface area contributed by atoms with Crippen LogP contribution < -0.4 is 4.74 Å². The molecule has 2 aromatic heterocycles. The zero-order valence-electron chi connectivity index (χ0n) is 16.0. The Morgan fingerprint density at radius 2 is 1.69 bits per heavy atom. The van der Waals surface area contributed by atoms with Crippen molar-refractivity contribution in [3.8, 4) is 17.3 Å². The van der Waals surface area contributed by atoms with Crippen molar-refractivity contribution in [1.82, 2.24) is 15.0 Å². The Morgan fingerprint density at radius 3 is 2.35 bits per heavy atom. The van der Waals surface area contributed by atoms with Crippen LogP contribution >= 0.6 is 0 Å². The van der Waals surface area contributed by atoms with Gasteiger partial charge in [-0.1, -0.05) is 45.9 Å². The van der Waals surface area contributed by atoms with Crippen molar-refractivity contribution in [3.05, 3.63) is 59.4 Å². The highest BCUT2D eigenvalue weighted by atomic mass is 16.5. The highest BCUT2D eigenvalue weighted by molar-refractivity contribution is 5.53. The number of oxazole rings is 1. The normalized spacial score (nSPS) is 11.3. The third-order valence-electron chi connectivity index (χ3n) is 4.12. The summed E-state index contributed by atoms with van der Waals surface area (Å²) in [4.78, 5) is 13.7. The van der Waals surface area contributed by atoms with E-state index in [-0.39, 0.29) is 5.92 Å². The van der Waals surface area contributed by atoms with Gasteiger partial charge in [-0.05, 0) is 25.0 Å². The number of hydrogen-bond donors (Lipinski definition) is 0. The van der Waals surface area contributed by atoms with Gasteiger partial charge in [0.1, 0.15) is 23.9 Å². The van der Waals surface area contributed by atoms with E-state index in [1.165, 1.54) is 0 Å². The first-order valence-electron chi connectivity index (χ1n) is 8.97. The van der Waals surface area contributed by atoms with Crippen LogP contribution in [0.25, 0.3) is 11.5 Å². The maximum Gasteiger partial charge on any atom is 0.226 e. The van der Waals surface area contributed by atoms with E-state index in [9.17, 15) is 0 Å². The van der Waals surface area contributed by atoms with E-state index in [1.807, 2.05) is 43.3 Å². The quantitative estimate of drug-likeness (QED) is 0.606. The van der Waals surface area contributed by atoms with Gasteiger partial charge < -0.3 is 9.15 Å². The molecule has 0 fully saturated rings. The number of rotatable bonds is 6. The molecular formula is C21H25N3O2. The molecule has 26 heavy (non-hydrogen) atoms. The van der Waals surface area contributed by atoms with E-state index in [0.29, 0.717) is 24.3 Å². The lowest BCUT2D eigenvalue weighted by atomic mass is 10.1. The second-order valence-electron chi connectivity index (χ2n) is 6.98. The SMILES string of the molecule is Cc1oc(-c2ccccc2)nc1COc1cc(C(C)C)nc(C(C)C)n1. The van der Waals surface area contributed by atoms with Gasteiger partial charge in [0, 0.05) is 17.5 Å². The molecule has 0 spiro atoms. The zero-order chi connectivity index (χ0) is 18.7. The summed E-state index contributed by atoms with van der Waals surface area (Å²) in [5.74, 6) is 3.30. The standard InChI is InChI=1S/C21H25N3O2/c1-13(2)17-11-19(24-20(22-17)14(3)4)25-12-18-15(5)26-21(23-18)16-9-7-6-8-10-16/h6-11,13-14H,12H2,1-5H3. The van der Waals surface area contributed by atoms with Gasteiger partial charge >= 0.3 is 0 Å². The molecule has 0 saturated carbocycles. The molecule has 5 nitrogen and oxygen atoms in total. The van der Waals surface area contributed by atoms with Crippen LogP contribution in [0.5, 0.6) is 5.88 Å². The largest absolute Gasteiger partial charge is 0.471 e. The monoisotopic (exact) mass is 351 g/mol. The lowest BCUT2D eigenvalue weighted by molar-refractivity contribution is 0.285. The van der Waals surface area contributed by atoms with Gasteiger partial charge in [-0.2, -0.15) is 4.98 Å². The number of ether oxygens (including phenoxy) is 1. The fraction of sp³-hybridized carbons (Fsp3) is 0.381. The lowest BCUT2D eigenvalue weighted by Gasteiger charge is -2.12. The highest BCUT2D eigenvalue weighted by Crippen LogP contribution is 2.24. The number of aryl methyl sites for hydroxylation is 1. The summed E-state index contributed by atoms with van der Waals surface area (Å²) >= 11 is 0. The number of hydrogen-bond acceptors (Lipinski definition) is 5. The van der Waals surface area contributed by atoms with Crippen LogP contribution in [0, 0.1) is 6.92 Å². The van der Waals surface area contributed by atoms with Gasteiger partial charge in [-0.25, -0.2) is 9.97 Å². The number of benzene rings is 1. The van der Waals surface area contributed by atoms with Crippen LogP contribution in [0.1, 0.15) is 62.5 Å². The van der Waals surface area contributed by atoms with E-state index in [4.69, 9.17) is 9.15 Å². The van der Waals surface area contributed by atoms with Crippen LogP contribution in [0.2, 0.25) is 0 Å². The predicted molar refractivity (Wildman–Crippen MR) is 101 cm³/mol. The first-order valence-corrected chi connectivity index (χ1v) is 8.97. The topological polar surface area (TPSA) is 61.0 Å². The van der Waals surface area contributed by atoms with Gasteiger partial charge in [-0.15, -0.1) is 0 Å². The van der Waals surface area contributed by atoms with Crippen molar-refractivity contribution in [3.63, 3.8) is 0 Å². The van der Waals surface area contributed by atoms with Crippen LogP contribution in [0.15, 0.2) is 40.8 Å². The summed E-state index contributed by atoms with van der Waals surface area (Å²) in [6.07, 6.45) is 0. The molecule has 3 aromatic rings. The molecule has 5 heteroatoms. The molecule has 136 valence electrons. The summed E-state index contributed by atoms with van der Waals surface area (Å²) in [6, 6.07) is 11.8. The third kappa shape index (κ3) is 4.10. The van der Waals surface area contributed by atoms with Crippen LogP contribution in [-0.4, -0.2) is 15.0 Å². The summed E-state index contributed by atoms with van der Waals surface area (Å²) < 4.78 is 11.7. The number of nitrogens with zero attached hydrogens (tertiary/aromatic N) is 3. The molecule has 0 aliphatic carbocycles. The number of aromatic nitrogens is 3. The first-order chi connectivity index (χ1) is 12.4. The van der Waals surface area contributed by atoms with Crippen molar-refractivity contribution < 1.29 is 9.15 Å². The zero-order valence-corrected chi connectivity index (χ0v) is 16.0. The van der Waals surface area contributed by atoms with Crippen molar-refractivity contribution in [2.45, 2.75) is 53.1 Å². The molecule has 0 aliphatic rings. The van der Waals surface area contributed by atoms with Crippen LogP contribution in [0.3, 0.4) is 0 Å². The van der Waals surface area contributed by atoms with E-state index < -0.39 is 0 Å². The Bertz CT molecular complexity index is 844. The first kappa shape index (κ1) is 18.1. The van der Waals surface area contributed by atoms with Gasteiger partial charge in [0.25, 0.3) is 0 Å². The smallest absolute Gasteiger partial charge is 0.226 e. The van der Waals surface area contributed by atoms with Crippen LogP contribution in [-0.2, 0) is 6.61 Å². The minimum atomic E-state index is 0.245. The highest BCUT2D eigenvalue weighted by Gasteiger charge is 2.14. The maximum absolute atomic E-state index is 5.93. The Morgan fingerprint density at radius 1 is 0.962 bits per heavy atom. The Labute approximate surface area is 154 Å². The van der Waals surface area contributed by atoms with Crippen molar-refractivity contribution >= 4 is 0 Å². The maximum atomic E-state index is 5.93. The van der Waals surface area contributed by atoms with E-state index in [0.717, 1.165) is 28.5 Å². The molecular weight excluding hydrogens is 326 g/mol. The molecule has 0 N–H and O–H groups in total.